The van der Waals surface area contributed by atoms with Gasteiger partial charge >= 0.3 is 5.97 Å². The van der Waals surface area contributed by atoms with E-state index in [9.17, 15) is 9.59 Å². The molecule has 0 aliphatic carbocycles. The number of esters is 1. The molecule has 28 heavy (non-hydrogen) atoms. The van der Waals surface area contributed by atoms with Gasteiger partial charge in [0.1, 0.15) is 5.75 Å². The fraction of sp³-hybridized carbons (Fsp3) is 0.286. The van der Waals surface area contributed by atoms with Crippen LogP contribution in [0.1, 0.15) is 41.5 Å². The van der Waals surface area contributed by atoms with Gasteiger partial charge in [-0.15, -0.1) is 0 Å². The molecule has 0 radical (unpaired) electrons. The monoisotopic (exact) mass is 398 g/mol. The summed E-state index contributed by atoms with van der Waals surface area (Å²) in [6, 6.07) is 12.1. The summed E-state index contributed by atoms with van der Waals surface area (Å²) in [6.07, 6.45) is 0. The van der Waals surface area contributed by atoms with Crippen molar-refractivity contribution < 1.29 is 19.1 Å². The smallest absolute Gasteiger partial charge is 0.338 e. The van der Waals surface area contributed by atoms with E-state index in [1.165, 1.54) is 11.3 Å². The quantitative estimate of drug-likeness (QED) is 0.581. The number of ether oxygens (including phenoxy) is 2. The Morgan fingerprint density at radius 1 is 1.11 bits per heavy atom. The van der Waals surface area contributed by atoms with Gasteiger partial charge in [0.25, 0.3) is 5.91 Å². The summed E-state index contributed by atoms with van der Waals surface area (Å²) in [5, 5.41) is 3.28. The highest BCUT2D eigenvalue weighted by atomic mass is 32.1. The second-order valence-corrected chi connectivity index (χ2v) is 7.64. The number of rotatable bonds is 7. The molecule has 1 N–H and O–H groups in total. The minimum atomic E-state index is -0.372. The molecule has 1 heterocycles. The van der Waals surface area contributed by atoms with Crippen LogP contribution in [0.4, 0.5) is 5.13 Å². The van der Waals surface area contributed by atoms with Gasteiger partial charge in [0.15, 0.2) is 5.13 Å². The number of hydrogen-bond acceptors (Lipinski definition) is 6. The maximum atomic E-state index is 12.5. The molecule has 0 fully saturated rings. The molecule has 146 valence electrons. The molecule has 0 bridgehead atoms. The number of carbonyl (C=O) groups is 2. The number of carbonyl (C=O) groups excluding carboxylic acids is 2. The Kier molecular flexibility index (Phi) is 6.26. The number of thiazole rings is 1. The predicted octanol–water partition coefficient (Wildman–Crippen LogP) is 4.76. The molecule has 6 nitrogen and oxygen atoms in total. The first-order valence-electron chi connectivity index (χ1n) is 9.08. The van der Waals surface area contributed by atoms with Crippen molar-refractivity contribution in [2.45, 2.75) is 20.8 Å². The minimum absolute atomic E-state index is 0.250. The summed E-state index contributed by atoms with van der Waals surface area (Å²) in [4.78, 5) is 28.7. The van der Waals surface area contributed by atoms with E-state index in [2.05, 4.69) is 24.1 Å². The third-order valence-electron chi connectivity index (χ3n) is 3.82. The van der Waals surface area contributed by atoms with Gasteiger partial charge in [0.2, 0.25) is 0 Å². The second kappa shape index (κ2) is 8.84. The van der Waals surface area contributed by atoms with Crippen LogP contribution in [0.2, 0.25) is 0 Å². The Balaban J connectivity index is 1.69. The van der Waals surface area contributed by atoms with E-state index in [0.717, 1.165) is 10.4 Å². The highest BCUT2D eigenvalue weighted by molar-refractivity contribution is 7.22. The topological polar surface area (TPSA) is 77.5 Å². The highest BCUT2D eigenvalue weighted by Gasteiger charge is 2.13. The molecule has 0 saturated heterocycles. The van der Waals surface area contributed by atoms with Crippen molar-refractivity contribution in [1.29, 1.82) is 0 Å². The van der Waals surface area contributed by atoms with Crippen LogP contribution in [-0.2, 0) is 4.74 Å². The van der Waals surface area contributed by atoms with Crippen molar-refractivity contribution in [1.82, 2.24) is 4.98 Å². The van der Waals surface area contributed by atoms with Gasteiger partial charge in [-0.1, -0.05) is 25.2 Å². The van der Waals surface area contributed by atoms with Gasteiger partial charge < -0.3 is 9.47 Å². The molecule has 3 aromatic rings. The molecule has 0 spiro atoms. The van der Waals surface area contributed by atoms with Crippen LogP contribution >= 0.6 is 11.3 Å². The van der Waals surface area contributed by atoms with Crippen molar-refractivity contribution in [2.75, 3.05) is 18.5 Å². The Hall–Kier alpha value is -2.93. The number of anilines is 1. The number of aromatic nitrogens is 1. The minimum Gasteiger partial charge on any atom is -0.493 e. The zero-order valence-corrected chi connectivity index (χ0v) is 16.8. The lowest BCUT2D eigenvalue weighted by Crippen LogP contribution is -2.11. The van der Waals surface area contributed by atoms with Crippen LogP contribution in [0.3, 0.4) is 0 Å². The first kappa shape index (κ1) is 19.8. The van der Waals surface area contributed by atoms with Gasteiger partial charge in [-0.25, -0.2) is 9.78 Å². The number of nitrogens with one attached hydrogen (secondary N) is 1. The van der Waals surface area contributed by atoms with Gasteiger partial charge in [-0.2, -0.15) is 0 Å². The third kappa shape index (κ3) is 4.86. The van der Waals surface area contributed by atoms with Gasteiger partial charge in [-0.05, 0) is 55.3 Å². The molecule has 0 aliphatic rings. The fourth-order valence-electron chi connectivity index (χ4n) is 2.45. The molecule has 0 unspecified atom stereocenters. The van der Waals surface area contributed by atoms with Crippen LogP contribution in [0.5, 0.6) is 5.75 Å². The molecule has 1 amide bonds. The maximum Gasteiger partial charge on any atom is 0.338 e. The molecule has 7 heteroatoms. The molecule has 2 aromatic carbocycles. The number of amides is 1. The second-order valence-electron chi connectivity index (χ2n) is 6.61. The molecule has 1 aromatic heterocycles. The van der Waals surface area contributed by atoms with E-state index < -0.39 is 0 Å². The van der Waals surface area contributed by atoms with Crippen LogP contribution in [0, 0.1) is 5.92 Å². The summed E-state index contributed by atoms with van der Waals surface area (Å²) in [6.45, 7) is 6.87. The summed E-state index contributed by atoms with van der Waals surface area (Å²) < 4.78 is 11.4. The van der Waals surface area contributed by atoms with Crippen molar-refractivity contribution in [3.63, 3.8) is 0 Å². The molecule has 0 saturated carbocycles. The Bertz CT molecular complexity index is 980. The van der Waals surface area contributed by atoms with Crippen molar-refractivity contribution in [3.05, 3.63) is 53.6 Å². The van der Waals surface area contributed by atoms with Crippen LogP contribution < -0.4 is 10.1 Å². The maximum absolute atomic E-state index is 12.5. The average Bonchev–Trinajstić information content (AvgIpc) is 3.08. The molecular formula is C21H22N2O4S. The fourth-order valence-corrected chi connectivity index (χ4v) is 3.35. The first-order valence-corrected chi connectivity index (χ1v) is 9.90. The number of fused-ring (bicyclic) bond motifs is 1. The average molecular weight is 398 g/mol. The normalized spacial score (nSPS) is 10.9. The zero-order chi connectivity index (χ0) is 20.1. The zero-order valence-electron chi connectivity index (χ0n) is 16.0. The van der Waals surface area contributed by atoms with Crippen molar-refractivity contribution >= 4 is 38.6 Å². The lowest BCUT2D eigenvalue weighted by Gasteiger charge is -2.09. The lowest BCUT2D eigenvalue weighted by atomic mass is 10.2. The first-order chi connectivity index (χ1) is 13.5. The largest absolute Gasteiger partial charge is 0.493 e. The molecule has 3 rings (SSSR count). The van der Waals surface area contributed by atoms with Crippen molar-refractivity contribution in [3.8, 4) is 5.75 Å². The summed E-state index contributed by atoms with van der Waals surface area (Å²) in [5.74, 6) is 0.548. The number of nitrogens with zero attached hydrogens (tertiary/aromatic N) is 1. The summed E-state index contributed by atoms with van der Waals surface area (Å²) >= 11 is 1.31. The standard InChI is InChI=1S/C21H22N2O4S/c1-4-26-20(25)15-7-10-17-18(11-15)28-21(22-17)23-19(24)14-5-8-16(9-6-14)27-12-13(2)3/h5-11,13H,4,12H2,1-3H3,(H,22,23,24). The van der Waals surface area contributed by atoms with E-state index in [1.807, 2.05) is 0 Å². The van der Waals surface area contributed by atoms with Gasteiger partial charge in [-0.3, -0.25) is 10.1 Å². The van der Waals surface area contributed by atoms with E-state index in [4.69, 9.17) is 9.47 Å². The van der Waals surface area contributed by atoms with E-state index in [0.29, 0.717) is 40.9 Å². The van der Waals surface area contributed by atoms with E-state index in [-0.39, 0.29) is 11.9 Å². The van der Waals surface area contributed by atoms with Crippen LogP contribution in [-0.4, -0.2) is 30.1 Å². The molecule has 0 atom stereocenters. The van der Waals surface area contributed by atoms with Gasteiger partial charge in [0, 0.05) is 5.56 Å². The Morgan fingerprint density at radius 3 is 2.50 bits per heavy atom. The number of hydrogen-bond donors (Lipinski definition) is 1. The highest BCUT2D eigenvalue weighted by Crippen LogP contribution is 2.27. The SMILES string of the molecule is CCOC(=O)c1ccc2nc(NC(=O)c3ccc(OCC(C)C)cc3)sc2c1. The van der Waals surface area contributed by atoms with Gasteiger partial charge in [0.05, 0.1) is 29.0 Å². The Labute approximate surface area is 167 Å². The lowest BCUT2D eigenvalue weighted by molar-refractivity contribution is 0.0526. The van der Waals surface area contributed by atoms with E-state index in [1.54, 1.807) is 49.4 Å². The van der Waals surface area contributed by atoms with Crippen LogP contribution in [0.15, 0.2) is 42.5 Å². The summed E-state index contributed by atoms with van der Waals surface area (Å²) in [5.41, 5.74) is 1.70. The molecule has 0 aliphatic heterocycles. The molecular weight excluding hydrogens is 376 g/mol. The third-order valence-corrected chi connectivity index (χ3v) is 4.75. The van der Waals surface area contributed by atoms with Crippen LogP contribution in [0.25, 0.3) is 10.2 Å². The van der Waals surface area contributed by atoms with E-state index >= 15 is 0 Å². The predicted molar refractivity (Wildman–Crippen MR) is 110 cm³/mol. The summed E-state index contributed by atoms with van der Waals surface area (Å²) in [7, 11) is 0. The Morgan fingerprint density at radius 2 is 1.82 bits per heavy atom. The van der Waals surface area contributed by atoms with Crippen molar-refractivity contribution in [2.24, 2.45) is 5.92 Å². The number of benzene rings is 2.